The molecule has 10 heteroatoms. The fraction of sp³-hybridized carbons (Fsp3) is 0.810. The molecular weight excluding hydrogens is 512 g/mol. The van der Waals surface area contributed by atoms with Gasteiger partial charge in [0, 0.05) is 6.54 Å². The van der Waals surface area contributed by atoms with Gasteiger partial charge >= 0.3 is 36.4 Å². The second-order valence-corrected chi connectivity index (χ2v) is 7.75. The molecule has 0 aromatic carbocycles. The first-order chi connectivity index (χ1) is 14.0. The summed E-state index contributed by atoms with van der Waals surface area (Å²) in [5, 5.41) is 25.0. The van der Waals surface area contributed by atoms with Crippen LogP contribution in [0, 0.1) is 17.8 Å². The van der Waals surface area contributed by atoms with E-state index in [2.05, 4.69) is 50.6 Å². The third kappa shape index (κ3) is 26.8. The number of nitrogens with one attached hydrogen (secondary N) is 3. The Kier molecular flexibility index (Phi) is 30.1. The quantitative estimate of drug-likeness (QED) is 0.266. The molecule has 1 fully saturated rings. The summed E-state index contributed by atoms with van der Waals surface area (Å²) in [6, 6.07) is -0.377. The Morgan fingerprint density at radius 2 is 1.58 bits per heavy atom. The third-order valence-electron chi connectivity index (χ3n) is 4.34. The average molecular weight is 556 g/mol. The summed E-state index contributed by atoms with van der Waals surface area (Å²) in [6.45, 7) is 14.0. The van der Waals surface area contributed by atoms with Gasteiger partial charge in [0.2, 0.25) is 5.91 Å². The van der Waals surface area contributed by atoms with Crippen molar-refractivity contribution in [3.8, 4) is 0 Å². The van der Waals surface area contributed by atoms with Crippen LogP contribution in [-0.4, -0.2) is 92.0 Å². The molecule has 1 aliphatic rings. The second-order valence-electron chi connectivity index (χ2n) is 7.75. The van der Waals surface area contributed by atoms with Gasteiger partial charge in [-0.15, -0.1) is 0 Å². The van der Waals surface area contributed by atoms with E-state index in [0.717, 1.165) is 25.3 Å². The van der Waals surface area contributed by atoms with Crippen molar-refractivity contribution in [1.29, 1.82) is 0 Å². The number of hydrogen-bond donors (Lipinski definition) is 5. The molecule has 1 aliphatic heterocycles. The zero-order valence-electron chi connectivity index (χ0n) is 20.0. The van der Waals surface area contributed by atoms with E-state index in [1.165, 1.54) is 6.42 Å². The minimum absolute atomic E-state index is 0. The normalized spacial score (nSPS) is 15.0. The predicted molar refractivity (Wildman–Crippen MR) is 126 cm³/mol. The standard InChI is InChI=1S/C8H17NO2.C7H12N2O3.C5H12.CH2O.Sb.H/c1-6(2)4-5-7(9-3)8(10)11;10-6(11)4-9-7(12)5-1-2-8-3-5;1-4-5(2)3;1-2;;/h6-7,9H,4-5H2,1-3H3,(H,10,11);5,8H,1-4H2,(H,9,12)(H,10,11);5H,4H2,1-3H3;1H2;;. The molecule has 1 amide bonds. The number of carbonyl (C=O) groups is 4. The van der Waals surface area contributed by atoms with Crippen molar-refractivity contribution in [3.63, 3.8) is 0 Å². The summed E-state index contributed by atoms with van der Waals surface area (Å²) in [4.78, 5) is 39.7. The number of amides is 1. The van der Waals surface area contributed by atoms with Crippen LogP contribution in [0.15, 0.2) is 0 Å². The molecule has 0 aromatic rings. The van der Waals surface area contributed by atoms with E-state index in [0.29, 0.717) is 18.9 Å². The molecule has 9 nitrogen and oxygen atoms in total. The molecule has 1 saturated heterocycles. The van der Waals surface area contributed by atoms with Gasteiger partial charge in [-0.25, -0.2) is 0 Å². The van der Waals surface area contributed by atoms with E-state index in [1.807, 2.05) is 6.79 Å². The third-order valence-corrected chi connectivity index (χ3v) is 4.34. The summed E-state index contributed by atoms with van der Waals surface area (Å²) in [6.07, 6.45) is 3.77. The average Bonchev–Trinajstić information content (AvgIpc) is 3.23. The minimum atomic E-state index is -1.01. The fourth-order valence-electron chi connectivity index (χ4n) is 2.08. The van der Waals surface area contributed by atoms with Crippen LogP contribution in [0.3, 0.4) is 0 Å². The van der Waals surface area contributed by atoms with Gasteiger partial charge in [0.25, 0.3) is 0 Å². The van der Waals surface area contributed by atoms with Gasteiger partial charge in [0.05, 0.1) is 5.92 Å². The molecule has 0 bridgehead atoms. The number of rotatable bonds is 9. The fourth-order valence-corrected chi connectivity index (χ4v) is 2.08. The molecule has 2 atom stereocenters. The number of carboxylic acids is 2. The van der Waals surface area contributed by atoms with Gasteiger partial charge in [0.15, 0.2) is 0 Å². The van der Waals surface area contributed by atoms with Crippen LogP contribution >= 0.6 is 0 Å². The Morgan fingerprint density at radius 1 is 1.06 bits per heavy atom. The molecule has 0 aromatic heterocycles. The van der Waals surface area contributed by atoms with Crippen molar-refractivity contribution < 1.29 is 29.4 Å². The first-order valence-corrected chi connectivity index (χ1v) is 10.4. The van der Waals surface area contributed by atoms with Crippen molar-refractivity contribution in [3.05, 3.63) is 0 Å². The summed E-state index contributed by atoms with van der Waals surface area (Å²) in [5.74, 6) is -0.519. The molecule has 1 rings (SSSR count). The van der Waals surface area contributed by atoms with Crippen molar-refractivity contribution in [1.82, 2.24) is 16.0 Å². The van der Waals surface area contributed by atoms with Crippen LogP contribution < -0.4 is 16.0 Å². The molecule has 2 radical (unpaired) electrons. The van der Waals surface area contributed by atoms with Gasteiger partial charge in [0.1, 0.15) is 19.4 Å². The van der Waals surface area contributed by atoms with Crippen LogP contribution in [-0.2, 0) is 19.2 Å². The Morgan fingerprint density at radius 3 is 1.87 bits per heavy atom. The van der Waals surface area contributed by atoms with Gasteiger partial charge in [-0.3, -0.25) is 14.4 Å². The van der Waals surface area contributed by atoms with E-state index in [1.54, 1.807) is 7.05 Å². The van der Waals surface area contributed by atoms with E-state index >= 15 is 0 Å². The van der Waals surface area contributed by atoms with E-state index in [4.69, 9.17) is 15.0 Å². The van der Waals surface area contributed by atoms with Crippen LogP contribution in [0.2, 0.25) is 0 Å². The Labute approximate surface area is 205 Å². The summed E-state index contributed by atoms with van der Waals surface area (Å²) in [5.41, 5.74) is 0. The summed E-state index contributed by atoms with van der Waals surface area (Å²) in [7, 11) is 1.68. The number of carbonyl (C=O) groups excluding carboxylic acids is 2. The van der Waals surface area contributed by atoms with Gasteiger partial charge in [-0.05, 0) is 44.7 Å². The Bertz CT molecular complexity index is 458. The maximum atomic E-state index is 11.1. The maximum absolute atomic E-state index is 11.1. The summed E-state index contributed by atoms with van der Waals surface area (Å²) < 4.78 is 0. The van der Waals surface area contributed by atoms with Gasteiger partial charge in [-0.1, -0.05) is 41.0 Å². The molecular formula is C21H44N3O6Sb. The second kappa shape index (κ2) is 25.1. The molecule has 0 spiro atoms. The van der Waals surface area contributed by atoms with Crippen LogP contribution in [0.4, 0.5) is 0 Å². The summed E-state index contributed by atoms with van der Waals surface area (Å²) >= 11 is 0. The SMILES string of the molecule is C=O.CCC(C)C.CNC(CCC(C)C)C(=O)O.O=C(O)CNC(=O)C1CCNC1.[SbH]. The molecule has 184 valence electrons. The van der Waals surface area contributed by atoms with Crippen LogP contribution in [0.25, 0.3) is 0 Å². The monoisotopic (exact) mass is 555 g/mol. The number of carboxylic acid groups (broad SMARTS) is 2. The molecule has 5 N–H and O–H groups in total. The number of hydrogen-bond acceptors (Lipinski definition) is 6. The van der Waals surface area contributed by atoms with Crippen molar-refractivity contribution in [2.75, 3.05) is 26.7 Å². The first-order valence-electron chi connectivity index (χ1n) is 10.4. The van der Waals surface area contributed by atoms with Crippen LogP contribution in [0.1, 0.15) is 60.3 Å². The Hall–Kier alpha value is -1.18. The van der Waals surface area contributed by atoms with Crippen molar-refractivity contribution in [2.24, 2.45) is 17.8 Å². The molecule has 0 aliphatic carbocycles. The zero-order valence-corrected chi connectivity index (χ0v) is 22.8. The predicted octanol–water partition coefficient (Wildman–Crippen LogP) is 1.11. The molecule has 1 heterocycles. The topological polar surface area (TPSA) is 145 Å². The molecule has 31 heavy (non-hydrogen) atoms. The van der Waals surface area contributed by atoms with Gasteiger partial charge < -0.3 is 31.0 Å². The zero-order chi connectivity index (χ0) is 24.1. The van der Waals surface area contributed by atoms with E-state index < -0.39 is 11.9 Å². The Balaban J connectivity index is -0.000000178. The number of aliphatic carboxylic acids is 2. The molecule has 0 saturated carbocycles. The van der Waals surface area contributed by atoms with E-state index in [-0.39, 0.29) is 48.8 Å². The first kappa shape index (κ1) is 37.2. The van der Waals surface area contributed by atoms with Crippen molar-refractivity contribution in [2.45, 2.75) is 66.3 Å². The van der Waals surface area contributed by atoms with Crippen molar-refractivity contribution >= 4 is 49.1 Å². The van der Waals surface area contributed by atoms with E-state index in [9.17, 15) is 14.4 Å². The van der Waals surface area contributed by atoms with Gasteiger partial charge in [-0.2, -0.15) is 0 Å². The van der Waals surface area contributed by atoms with Crippen LogP contribution in [0.5, 0.6) is 0 Å². The molecule has 2 unspecified atom stereocenters. The number of likely N-dealkylation sites (N-methyl/N-ethyl adjacent to an activating group) is 1.